The molecule has 0 aliphatic carbocycles. The maximum absolute atomic E-state index is 12.5. The fourth-order valence-corrected chi connectivity index (χ4v) is 3.90. The number of carbonyl (C=O) groups is 1. The van der Waals surface area contributed by atoms with Gasteiger partial charge >= 0.3 is 0 Å². The van der Waals surface area contributed by atoms with Crippen LogP contribution in [0.25, 0.3) is 17.1 Å². The maximum atomic E-state index is 12.5. The van der Waals surface area contributed by atoms with E-state index in [1.807, 2.05) is 65.2 Å². The normalized spacial score (nSPS) is 10.8. The Morgan fingerprint density at radius 2 is 1.84 bits per heavy atom. The van der Waals surface area contributed by atoms with Crippen LogP contribution in [0.4, 0.5) is 5.69 Å². The van der Waals surface area contributed by atoms with Crippen LogP contribution in [0.3, 0.4) is 0 Å². The van der Waals surface area contributed by atoms with Gasteiger partial charge in [0.05, 0.1) is 5.75 Å². The van der Waals surface area contributed by atoms with E-state index in [4.69, 9.17) is 11.6 Å². The van der Waals surface area contributed by atoms with E-state index in [0.29, 0.717) is 16.0 Å². The van der Waals surface area contributed by atoms with Gasteiger partial charge in [0.25, 0.3) is 0 Å². The van der Waals surface area contributed by atoms with Gasteiger partial charge in [0.2, 0.25) is 5.91 Å². The molecule has 0 unspecified atom stereocenters. The number of benzene rings is 2. The third-order valence-corrected chi connectivity index (χ3v) is 5.80. The van der Waals surface area contributed by atoms with Gasteiger partial charge in [0.15, 0.2) is 11.0 Å². The van der Waals surface area contributed by atoms with Gasteiger partial charge in [-0.3, -0.25) is 14.3 Å². The van der Waals surface area contributed by atoms with Gasteiger partial charge in [-0.1, -0.05) is 42.4 Å². The van der Waals surface area contributed by atoms with Crippen LogP contribution < -0.4 is 5.32 Å². The molecular weight excluding hydrogens is 430 g/mol. The first-order valence-electron chi connectivity index (χ1n) is 9.77. The molecule has 2 heterocycles. The Bertz CT molecular complexity index is 1160. The highest BCUT2D eigenvalue weighted by atomic mass is 35.5. The van der Waals surface area contributed by atoms with Gasteiger partial charge in [-0.25, -0.2) is 0 Å². The van der Waals surface area contributed by atoms with Crippen LogP contribution in [0.15, 0.2) is 78.2 Å². The zero-order chi connectivity index (χ0) is 21.6. The molecule has 0 aliphatic rings. The van der Waals surface area contributed by atoms with Gasteiger partial charge in [-0.05, 0) is 60.5 Å². The number of amides is 1. The average Bonchev–Trinajstić information content (AvgIpc) is 3.23. The summed E-state index contributed by atoms with van der Waals surface area (Å²) in [5.74, 6) is 0.741. The summed E-state index contributed by atoms with van der Waals surface area (Å²) in [6.45, 7) is 2.10. The lowest BCUT2D eigenvalue weighted by Crippen LogP contribution is -2.14. The fraction of sp³-hybridized carbons (Fsp3) is 0.130. The summed E-state index contributed by atoms with van der Waals surface area (Å²) >= 11 is 7.38. The van der Waals surface area contributed by atoms with Crippen LogP contribution in [0.5, 0.6) is 0 Å². The molecule has 4 rings (SSSR count). The number of anilines is 1. The maximum Gasteiger partial charge on any atom is 0.234 e. The highest BCUT2D eigenvalue weighted by molar-refractivity contribution is 7.99. The van der Waals surface area contributed by atoms with E-state index in [1.54, 1.807) is 12.4 Å². The molecule has 156 valence electrons. The van der Waals surface area contributed by atoms with Crippen molar-refractivity contribution in [3.8, 4) is 17.1 Å². The molecule has 31 heavy (non-hydrogen) atoms. The van der Waals surface area contributed by atoms with Crippen molar-refractivity contribution < 1.29 is 4.79 Å². The third kappa shape index (κ3) is 5.13. The molecule has 0 atom stereocenters. The molecule has 2 aromatic heterocycles. The zero-order valence-electron chi connectivity index (χ0n) is 16.8. The molecule has 1 amide bonds. The van der Waals surface area contributed by atoms with Gasteiger partial charge in [-0.15, -0.1) is 10.2 Å². The van der Waals surface area contributed by atoms with E-state index in [2.05, 4.69) is 27.4 Å². The van der Waals surface area contributed by atoms with Gasteiger partial charge < -0.3 is 5.32 Å². The summed E-state index contributed by atoms with van der Waals surface area (Å²) in [5, 5.41) is 12.9. The van der Waals surface area contributed by atoms with Gasteiger partial charge in [0.1, 0.15) is 0 Å². The van der Waals surface area contributed by atoms with Crippen molar-refractivity contribution in [2.75, 3.05) is 11.1 Å². The van der Waals surface area contributed by atoms with Crippen molar-refractivity contribution in [1.82, 2.24) is 19.7 Å². The molecule has 0 aliphatic heterocycles. The number of nitrogens with one attached hydrogen (secondary N) is 1. The van der Waals surface area contributed by atoms with Crippen molar-refractivity contribution in [1.29, 1.82) is 0 Å². The molecule has 0 bridgehead atoms. The Morgan fingerprint density at radius 1 is 1.06 bits per heavy atom. The number of hydrogen-bond donors (Lipinski definition) is 1. The van der Waals surface area contributed by atoms with Crippen LogP contribution in [-0.2, 0) is 11.2 Å². The van der Waals surface area contributed by atoms with Crippen LogP contribution in [0.2, 0.25) is 5.02 Å². The second-order valence-electron chi connectivity index (χ2n) is 6.75. The highest BCUT2D eigenvalue weighted by Gasteiger charge is 2.17. The summed E-state index contributed by atoms with van der Waals surface area (Å²) in [7, 11) is 0. The highest BCUT2D eigenvalue weighted by Crippen LogP contribution is 2.28. The Labute approximate surface area is 189 Å². The second kappa shape index (κ2) is 9.76. The van der Waals surface area contributed by atoms with E-state index in [-0.39, 0.29) is 11.7 Å². The number of nitrogens with zero attached hydrogens (tertiary/aromatic N) is 4. The van der Waals surface area contributed by atoms with Crippen LogP contribution in [-0.4, -0.2) is 31.4 Å². The second-order valence-corrected chi connectivity index (χ2v) is 8.13. The first-order valence-corrected chi connectivity index (χ1v) is 11.1. The smallest absolute Gasteiger partial charge is 0.234 e. The number of thioether (sulfide) groups is 1. The Balaban J connectivity index is 1.55. The SMILES string of the molecule is CCc1ccc(NC(=O)CSc2nnc(-c3cccnc3)n2-c2ccc(Cl)cc2)cc1. The van der Waals surface area contributed by atoms with Crippen molar-refractivity contribution in [3.63, 3.8) is 0 Å². The first-order chi connectivity index (χ1) is 15.1. The largest absolute Gasteiger partial charge is 0.325 e. The Morgan fingerprint density at radius 3 is 2.52 bits per heavy atom. The van der Waals surface area contributed by atoms with E-state index in [1.165, 1.54) is 17.3 Å². The van der Waals surface area contributed by atoms with E-state index in [9.17, 15) is 4.79 Å². The predicted octanol–water partition coefficient (Wildman–Crippen LogP) is 5.28. The number of halogens is 1. The summed E-state index contributed by atoms with van der Waals surface area (Å²) in [4.78, 5) is 16.7. The number of rotatable bonds is 7. The fourth-order valence-electron chi connectivity index (χ4n) is 3.02. The molecule has 0 saturated heterocycles. The molecule has 8 heteroatoms. The lowest BCUT2D eigenvalue weighted by atomic mass is 10.1. The minimum atomic E-state index is -0.108. The number of pyridine rings is 1. The molecule has 0 fully saturated rings. The quantitative estimate of drug-likeness (QED) is 0.389. The molecular formula is C23H20ClN5OS. The van der Waals surface area contributed by atoms with E-state index in [0.717, 1.165) is 23.4 Å². The number of aryl methyl sites for hydroxylation is 1. The first kappa shape index (κ1) is 21.1. The van der Waals surface area contributed by atoms with Crippen molar-refractivity contribution in [2.24, 2.45) is 0 Å². The third-order valence-electron chi connectivity index (χ3n) is 4.62. The number of aromatic nitrogens is 4. The lowest BCUT2D eigenvalue weighted by Gasteiger charge is -2.10. The van der Waals surface area contributed by atoms with Crippen LogP contribution >= 0.6 is 23.4 Å². The standard InChI is InChI=1S/C23H20ClN5OS/c1-2-16-5-9-19(10-6-16)26-21(30)15-31-23-28-27-22(17-4-3-13-25-14-17)29(23)20-11-7-18(24)8-12-20/h3-14H,2,15H2,1H3,(H,26,30). The summed E-state index contributed by atoms with van der Waals surface area (Å²) in [6, 6.07) is 19.0. The van der Waals surface area contributed by atoms with Crippen LogP contribution in [0, 0.1) is 0 Å². The van der Waals surface area contributed by atoms with Gasteiger partial charge in [-0.2, -0.15) is 0 Å². The minimum absolute atomic E-state index is 0.108. The zero-order valence-corrected chi connectivity index (χ0v) is 18.4. The monoisotopic (exact) mass is 449 g/mol. The topological polar surface area (TPSA) is 72.7 Å². The molecule has 0 radical (unpaired) electrons. The Hall–Kier alpha value is -3.16. The summed E-state index contributed by atoms with van der Waals surface area (Å²) < 4.78 is 1.90. The van der Waals surface area contributed by atoms with Crippen molar-refractivity contribution in [3.05, 3.63) is 83.6 Å². The average molecular weight is 450 g/mol. The van der Waals surface area contributed by atoms with E-state index < -0.39 is 0 Å². The molecule has 1 N–H and O–H groups in total. The van der Waals surface area contributed by atoms with Gasteiger partial charge in [0, 0.05) is 34.4 Å². The lowest BCUT2D eigenvalue weighted by molar-refractivity contribution is -0.113. The minimum Gasteiger partial charge on any atom is -0.325 e. The Kier molecular flexibility index (Phi) is 6.64. The molecule has 2 aromatic carbocycles. The summed E-state index contributed by atoms with van der Waals surface area (Å²) in [5.41, 5.74) is 3.69. The molecule has 4 aromatic rings. The molecule has 6 nitrogen and oxygen atoms in total. The number of carbonyl (C=O) groups excluding carboxylic acids is 1. The van der Waals surface area contributed by atoms with Crippen LogP contribution in [0.1, 0.15) is 12.5 Å². The van der Waals surface area contributed by atoms with E-state index >= 15 is 0 Å². The predicted molar refractivity (Wildman–Crippen MR) is 125 cm³/mol. The van der Waals surface area contributed by atoms with Crippen molar-refractivity contribution >= 4 is 35.0 Å². The molecule has 0 spiro atoms. The molecule has 0 saturated carbocycles. The summed E-state index contributed by atoms with van der Waals surface area (Å²) in [6.07, 6.45) is 4.40. The van der Waals surface area contributed by atoms with Crippen molar-refractivity contribution in [2.45, 2.75) is 18.5 Å². The number of hydrogen-bond acceptors (Lipinski definition) is 5.